The monoisotopic (exact) mass is 350 g/mol. The summed E-state index contributed by atoms with van der Waals surface area (Å²) < 4.78 is 10.6. The Morgan fingerprint density at radius 2 is 1.42 bits per heavy atom. The van der Waals surface area contributed by atoms with Gasteiger partial charge in [0.05, 0.1) is 14.2 Å². The molecule has 0 fully saturated rings. The Labute approximate surface area is 153 Å². The Hall–Kier alpha value is -3.28. The summed E-state index contributed by atoms with van der Waals surface area (Å²) in [6.07, 6.45) is 0. The second-order valence-electron chi connectivity index (χ2n) is 5.90. The van der Waals surface area contributed by atoms with Crippen LogP contribution >= 0.6 is 0 Å². The molecule has 0 atom stereocenters. The van der Waals surface area contributed by atoms with Gasteiger partial charge in [0.2, 0.25) is 5.95 Å². The van der Waals surface area contributed by atoms with E-state index >= 15 is 0 Å². The molecule has 26 heavy (non-hydrogen) atoms. The molecule has 0 saturated heterocycles. The van der Waals surface area contributed by atoms with Gasteiger partial charge in [-0.1, -0.05) is 17.7 Å². The summed E-state index contributed by atoms with van der Waals surface area (Å²) in [4.78, 5) is 8.99. The maximum Gasteiger partial charge on any atom is 0.229 e. The van der Waals surface area contributed by atoms with Gasteiger partial charge in [-0.05, 0) is 38.1 Å². The molecule has 2 N–H and O–H groups in total. The van der Waals surface area contributed by atoms with E-state index in [1.165, 1.54) is 5.56 Å². The number of methoxy groups -OCH3 is 2. The molecule has 0 bridgehead atoms. The van der Waals surface area contributed by atoms with E-state index in [1.807, 2.05) is 55.5 Å². The number of nitrogens with one attached hydrogen (secondary N) is 2. The van der Waals surface area contributed by atoms with E-state index in [1.54, 1.807) is 14.2 Å². The SMILES string of the molecule is COc1ccc(Nc2cc(C)nc(Nc3ccc(C)cc3)n2)cc1OC. The van der Waals surface area contributed by atoms with Crippen molar-refractivity contribution in [3.05, 3.63) is 59.8 Å². The van der Waals surface area contributed by atoms with Gasteiger partial charge in [-0.2, -0.15) is 4.98 Å². The largest absolute Gasteiger partial charge is 0.493 e. The Morgan fingerprint density at radius 1 is 0.731 bits per heavy atom. The first-order chi connectivity index (χ1) is 12.6. The topological polar surface area (TPSA) is 68.3 Å². The second-order valence-corrected chi connectivity index (χ2v) is 5.90. The van der Waals surface area contributed by atoms with E-state index in [0.717, 1.165) is 17.1 Å². The van der Waals surface area contributed by atoms with Gasteiger partial charge in [-0.3, -0.25) is 0 Å². The highest BCUT2D eigenvalue weighted by atomic mass is 16.5. The molecule has 0 amide bonds. The minimum absolute atomic E-state index is 0.539. The van der Waals surface area contributed by atoms with Crippen molar-refractivity contribution in [2.75, 3.05) is 24.9 Å². The van der Waals surface area contributed by atoms with Crippen LogP contribution < -0.4 is 20.1 Å². The van der Waals surface area contributed by atoms with Crippen molar-refractivity contribution in [2.45, 2.75) is 13.8 Å². The summed E-state index contributed by atoms with van der Waals surface area (Å²) in [6.45, 7) is 3.99. The van der Waals surface area contributed by atoms with E-state index in [2.05, 4.69) is 27.5 Å². The van der Waals surface area contributed by atoms with Crippen LogP contribution in [0.3, 0.4) is 0 Å². The Bertz CT molecular complexity index is 895. The fraction of sp³-hybridized carbons (Fsp3) is 0.200. The van der Waals surface area contributed by atoms with Crippen molar-refractivity contribution in [1.82, 2.24) is 9.97 Å². The number of hydrogen-bond acceptors (Lipinski definition) is 6. The molecule has 1 heterocycles. The molecule has 134 valence electrons. The predicted molar refractivity (Wildman–Crippen MR) is 104 cm³/mol. The third-order valence-electron chi connectivity index (χ3n) is 3.82. The van der Waals surface area contributed by atoms with E-state index in [-0.39, 0.29) is 0 Å². The predicted octanol–water partition coefficient (Wildman–Crippen LogP) is 4.60. The highest BCUT2D eigenvalue weighted by Gasteiger charge is 2.07. The zero-order chi connectivity index (χ0) is 18.5. The van der Waals surface area contributed by atoms with Crippen molar-refractivity contribution < 1.29 is 9.47 Å². The number of ether oxygens (including phenoxy) is 2. The fourth-order valence-electron chi connectivity index (χ4n) is 2.52. The van der Waals surface area contributed by atoms with Gasteiger partial charge in [0.1, 0.15) is 5.82 Å². The van der Waals surface area contributed by atoms with Gasteiger partial charge >= 0.3 is 0 Å². The zero-order valence-electron chi connectivity index (χ0n) is 15.3. The zero-order valence-corrected chi connectivity index (χ0v) is 15.3. The standard InChI is InChI=1S/C20H22N4O2/c1-13-5-7-15(8-6-13)23-20-21-14(2)11-19(24-20)22-16-9-10-17(25-3)18(12-16)26-4/h5-12H,1-4H3,(H2,21,22,23,24). The number of rotatable bonds is 6. The summed E-state index contributed by atoms with van der Waals surface area (Å²) in [6, 6.07) is 15.6. The highest BCUT2D eigenvalue weighted by Crippen LogP contribution is 2.31. The summed E-state index contributed by atoms with van der Waals surface area (Å²) in [5, 5.41) is 6.51. The van der Waals surface area contributed by atoms with Crippen LogP contribution in [-0.2, 0) is 0 Å². The molecule has 0 aliphatic heterocycles. The lowest BCUT2D eigenvalue weighted by Gasteiger charge is -2.12. The van der Waals surface area contributed by atoms with Gasteiger partial charge in [0, 0.05) is 29.2 Å². The molecule has 3 rings (SSSR count). The quantitative estimate of drug-likeness (QED) is 0.677. The Kier molecular flexibility index (Phi) is 5.22. The first-order valence-corrected chi connectivity index (χ1v) is 8.26. The number of aryl methyl sites for hydroxylation is 2. The fourth-order valence-corrected chi connectivity index (χ4v) is 2.52. The van der Waals surface area contributed by atoms with Crippen LogP contribution in [0.1, 0.15) is 11.3 Å². The average molecular weight is 350 g/mol. The summed E-state index contributed by atoms with van der Waals surface area (Å²) in [5.41, 5.74) is 3.86. The van der Waals surface area contributed by atoms with E-state index in [4.69, 9.17) is 9.47 Å². The number of aromatic nitrogens is 2. The molecule has 2 aromatic carbocycles. The van der Waals surface area contributed by atoms with Gasteiger partial charge in [-0.15, -0.1) is 0 Å². The molecule has 0 unspecified atom stereocenters. The normalized spacial score (nSPS) is 10.3. The molecular formula is C20H22N4O2. The number of nitrogens with zero attached hydrogens (tertiary/aromatic N) is 2. The van der Waals surface area contributed by atoms with Crippen molar-refractivity contribution in [3.63, 3.8) is 0 Å². The molecule has 6 heteroatoms. The van der Waals surface area contributed by atoms with Gasteiger partial charge in [0.15, 0.2) is 11.5 Å². The maximum absolute atomic E-state index is 5.34. The maximum atomic E-state index is 5.34. The molecular weight excluding hydrogens is 328 g/mol. The van der Waals surface area contributed by atoms with Crippen molar-refractivity contribution in [1.29, 1.82) is 0 Å². The summed E-state index contributed by atoms with van der Waals surface area (Å²) in [5.74, 6) is 2.57. The lowest BCUT2D eigenvalue weighted by atomic mass is 10.2. The Morgan fingerprint density at radius 3 is 2.12 bits per heavy atom. The first-order valence-electron chi connectivity index (χ1n) is 8.26. The molecule has 3 aromatic rings. The van der Waals surface area contributed by atoms with Crippen LogP contribution in [0.25, 0.3) is 0 Å². The molecule has 0 saturated carbocycles. The van der Waals surface area contributed by atoms with Crippen molar-refractivity contribution in [3.8, 4) is 11.5 Å². The average Bonchev–Trinajstić information content (AvgIpc) is 2.63. The summed E-state index contributed by atoms with van der Waals surface area (Å²) in [7, 11) is 3.22. The highest BCUT2D eigenvalue weighted by molar-refractivity contribution is 5.63. The lowest BCUT2D eigenvalue weighted by molar-refractivity contribution is 0.355. The summed E-state index contributed by atoms with van der Waals surface area (Å²) >= 11 is 0. The van der Waals surface area contributed by atoms with Crippen LogP contribution in [-0.4, -0.2) is 24.2 Å². The molecule has 0 spiro atoms. The third-order valence-corrected chi connectivity index (χ3v) is 3.82. The molecule has 0 aliphatic rings. The smallest absolute Gasteiger partial charge is 0.229 e. The number of benzene rings is 2. The van der Waals surface area contributed by atoms with Crippen molar-refractivity contribution in [2.24, 2.45) is 0 Å². The van der Waals surface area contributed by atoms with Gasteiger partial charge in [0.25, 0.3) is 0 Å². The van der Waals surface area contributed by atoms with Crippen LogP contribution in [0.2, 0.25) is 0 Å². The van der Waals surface area contributed by atoms with E-state index in [9.17, 15) is 0 Å². The molecule has 1 aromatic heterocycles. The molecule has 6 nitrogen and oxygen atoms in total. The van der Waals surface area contributed by atoms with Crippen molar-refractivity contribution >= 4 is 23.1 Å². The molecule has 0 radical (unpaired) electrons. The van der Waals surface area contributed by atoms with Gasteiger partial charge in [-0.25, -0.2) is 4.98 Å². The van der Waals surface area contributed by atoms with E-state index in [0.29, 0.717) is 23.3 Å². The lowest BCUT2D eigenvalue weighted by Crippen LogP contribution is -2.02. The second kappa shape index (κ2) is 7.74. The third kappa shape index (κ3) is 4.22. The van der Waals surface area contributed by atoms with Gasteiger partial charge < -0.3 is 20.1 Å². The van der Waals surface area contributed by atoms with Crippen LogP contribution in [0, 0.1) is 13.8 Å². The minimum Gasteiger partial charge on any atom is -0.493 e. The van der Waals surface area contributed by atoms with Crippen LogP contribution in [0.15, 0.2) is 48.5 Å². The minimum atomic E-state index is 0.539. The van der Waals surface area contributed by atoms with Crippen LogP contribution in [0.5, 0.6) is 11.5 Å². The van der Waals surface area contributed by atoms with Crippen LogP contribution in [0.4, 0.5) is 23.1 Å². The van der Waals surface area contributed by atoms with E-state index < -0.39 is 0 Å². The number of hydrogen-bond donors (Lipinski definition) is 2. The number of anilines is 4. The Balaban J connectivity index is 1.82. The first kappa shape index (κ1) is 17.5. The molecule has 0 aliphatic carbocycles.